The quantitative estimate of drug-likeness (QED) is 0.901. The molecule has 0 bridgehead atoms. The molecule has 3 heterocycles. The number of aryl methyl sites for hydroxylation is 2. The van der Waals surface area contributed by atoms with Crippen molar-refractivity contribution in [2.45, 2.75) is 45.3 Å². The van der Waals surface area contributed by atoms with E-state index < -0.39 is 6.10 Å². The zero-order valence-corrected chi connectivity index (χ0v) is 15.6. The number of likely N-dealkylation sites (tertiary alicyclic amines) is 2. The van der Waals surface area contributed by atoms with Crippen molar-refractivity contribution >= 4 is 16.8 Å². The maximum atomic E-state index is 13.1. The van der Waals surface area contributed by atoms with Crippen LogP contribution in [-0.4, -0.2) is 64.1 Å². The third-order valence-corrected chi connectivity index (χ3v) is 5.80. The summed E-state index contributed by atoms with van der Waals surface area (Å²) < 4.78 is 0. The first-order valence-electron chi connectivity index (χ1n) is 9.62. The summed E-state index contributed by atoms with van der Waals surface area (Å²) in [5, 5.41) is 11.5. The maximum absolute atomic E-state index is 13.1. The molecule has 1 amide bonds. The number of carbonyl (C=O) groups is 1. The lowest BCUT2D eigenvalue weighted by Gasteiger charge is -2.33. The fraction of sp³-hybridized carbons (Fsp3) is 0.524. The van der Waals surface area contributed by atoms with Crippen LogP contribution in [0.15, 0.2) is 24.3 Å². The minimum atomic E-state index is -0.465. The molecule has 0 radical (unpaired) electrons. The van der Waals surface area contributed by atoms with Crippen molar-refractivity contribution in [1.29, 1.82) is 0 Å². The highest BCUT2D eigenvalue weighted by Gasteiger charge is 2.38. The second-order valence-electron chi connectivity index (χ2n) is 7.76. The molecular formula is C21H27N3O2. The van der Waals surface area contributed by atoms with Crippen molar-refractivity contribution in [2.75, 3.05) is 26.2 Å². The molecular weight excluding hydrogens is 326 g/mol. The number of pyridine rings is 1. The number of aliphatic hydroxyl groups excluding tert-OH is 1. The molecule has 26 heavy (non-hydrogen) atoms. The van der Waals surface area contributed by atoms with Crippen molar-refractivity contribution in [3.05, 3.63) is 41.1 Å². The van der Waals surface area contributed by atoms with Crippen LogP contribution in [-0.2, 0) is 0 Å². The summed E-state index contributed by atoms with van der Waals surface area (Å²) in [5.41, 5.74) is 3.47. The minimum absolute atomic E-state index is 0.0167. The van der Waals surface area contributed by atoms with Gasteiger partial charge in [-0.1, -0.05) is 18.1 Å². The first-order valence-corrected chi connectivity index (χ1v) is 9.62. The van der Waals surface area contributed by atoms with E-state index in [1.807, 2.05) is 32.0 Å². The highest BCUT2D eigenvalue weighted by molar-refractivity contribution is 5.99. The molecule has 4 rings (SSSR count). The smallest absolute Gasteiger partial charge is 0.255 e. The molecule has 2 aliphatic rings. The summed E-state index contributed by atoms with van der Waals surface area (Å²) in [6, 6.07) is 8.12. The van der Waals surface area contributed by atoms with Gasteiger partial charge in [-0.2, -0.15) is 0 Å². The molecule has 138 valence electrons. The third-order valence-electron chi connectivity index (χ3n) is 5.80. The largest absolute Gasteiger partial charge is 0.390 e. The van der Waals surface area contributed by atoms with Gasteiger partial charge < -0.3 is 10.0 Å². The average molecular weight is 353 g/mol. The number of benzene rings is 1. The molecule has 2 saturated heterocycles. The van der Waals surface area contributed by atoms with Gasteiger partial charge in [0.15, 0.2) is 0 Å². The van der Waals surface area contributed by atoms with E-state index in [1.54, 1.807) is 4.90 Å². The lowest BCUT2D eigenvalue weighted by atomic mass is 10.1. The number of piperidine rings is 1. The number of amides is 1. The van der Waals surface area contributed by atoms with Gasteiger partial charge in [0.2, 0.25) is 0 Å². The normalized spacial score (nSPS) is 24.3. The summed E-state index contributed by atoms with van der Waals surface area (Å²) in [5.74, 6) is -0.0167. The van der Waals surface area contributed by atoms with Crippen molar-refractivity contribution < 1.29 is 9.90 Å². The highest BCUT2D eigenvalue weighted by atomic mass is 16.3. The summed E-state index contributed by atoms with van der Waals surface area (Å²) in [4.78, 5) is 21.9. The summed E-state index contributed by atoms with van der Waals surface area (Å²) in [6.07, 6.45) is 3.17. The lowest BCUT2D eigenvalue weighted by molar-refractivity contribution is 0.0702. The van der Waals surface area contributed by atoms with Crippen LogP contribution in [0.4, 0.5) is 0 Å². The predicted octanol–water partition coefficient (Wildman–Crippen LogP) is 2.52. The van der Waals surface area contributed by atoms with Crippen LogP contribution >= 0.6 is 0 Å². The Hall–Kier alpha value is -1.98. The molecule has 2 aromatic rings. The second-order valence-corrected chi connectivity index (χ2v) is 7.76. The Bertz CT molecular complexity index is 829. The first-order chi connectivity index (χ1) is 12.5. The van der Waals surface area contributed by atoms with Gasteiger partial charge >= 0.3 is 0 Å². The zero-order valence-electron chi connectivity index (χ0n) is 15.6. The van der Waals surface area contributed by atoms with Crippen molar-refractivity contribution in [3.8, 4) is 0 Å². The van der Waals surface area contributed by atoms with Gasteiger partial charge in [-0.3, -0.25) is 14.7 Å². The van der Waals surface area contributed by atoms with Crippen LogP contribution in [0.5, 0.6) is 0 Å². The van der Waals surface area contributed by atoms with Gasteiger partial charge in [0.05, 0.1) is 28.9 Å². The third kappa shape index (κ3) is 3.21. The van der Waals surface area contributed by atoms with Gasteiger partial charge in [-0.15, -0.1) is 0 Å². The van der Waals surface area contributed by atoms with E-state index in [9.17, 15) is 9.90 Å². The molecule has 1 aromatic carbocycles. The monoisotopic (exact) mass is 353 g/mol. The Labute approximate surface area is 154 Å². The number of fused-ring (bicyclic) bond motifs is 1. The molecule has 2 aliphatic heterocycles. The van der Waals surface area contributed by atoms with Crippen LogP contribution < -0.4 is 0 Å². The van der Waals surface area contributed by atoms with E-state index in [0.717, 1.165) is 35.2 Å². The molecule has 0 unspecified atom stereocenters. The average Bonchev–Trinajstić information content (AvgIpc) is 3.03. The number of aromatic nitrogens is 1. The molecule has 0 saturated carbocycles. The van der Waals surface area contributed by atoms with Crippen LogP contribution in [0.2, 0.25) is 0 Å². The number of nitrogens with zero attached hydrogens (tertiary/aromatic N) is 3. The van der Waals surface area contributed by atoms with Gasteiger partial charge in [0, 0.05) is 18.5 Å². The Morgan fingerprint density at radius 1 is 1.12 bits per heavy atom. The van der Waals surface area contributed by atoms with Crippen LogP contribution in [0, 0.1) is 13.8 Å². The Kier molecular flexibility index (Phi) is 4.67. The molecule has 0 spiro atoms. The number of aliphatic hydroxyl groups is 1. The van der Waals surface area contributed by atoms with E-state index in [-0.39, 0.29) is 11.9 Å². The van der Waals surface area contributed by atoms with E-state index in [1.165, 1.54) is 19.3 Å². The standard InChI is InChI=1S/C21H27N3O2/c1-14-6-7-18-16(10-14)11-17(15(2)22-18)21(26)24-12-19(20(25)13-24)23-8-4-3-5-9-23/h6-7,10-11,19-20,25H,3-5,8-9,12-13H2,1-2H3/t19-,20-/m0/s1. The fourth-order valence-electron chi connectivity index (χ4n) is 4.32. The summed E-state index contributed by atoms with van der Waals surface area (Å²) >= 11 is 0. The number of carbonyl (C=O) groups excluding carboxylic acids is 1. The molecule has 1 aromatic heterocycles. The molecule has 0 aliphatic carbocycles. The minimum Gasteiger partial charge on any atom is -0.390 e. The van der Waals surface area contributed by atoms with E-state index in [4.69, 9.17) is 0 Å². The molecule has 5 heteroatoms. The molecule has 2 fully saturated rings. The zero-order chi connectivity index (χ0) is 18.3. The SMILES string of the molecule is Cc1ccc2nc(C)c(C(=O)N3C[C@H](O)[C@@H](N4CCCCC4)C3)cc2c1. The van der Waals surface area contributed by atoms with Crippen molar-refractivity contribution in [2.24, 2.45) is 0 Å². The number of β-amino-alcohol motifs (C(OH)–C–C–N with tert-alkyl or cyclic N) is 1. The van der Waals surface area contributed by atoms with Crippen LogP contribution in [0.25, 0.3) is 10.9 Å². The Balaban J connectivity index is 1.57. The Morgan fingerprint density at radius 2 is 1.88 bits per heavy atom. The first kappa shape index (κ1) is 17.4. The molecule has 2 atom stereocenters. The van der Waals surface area contributed by atoms with Gasteiger partial charge in [0.25, 0.3) is 5.91 Å². The Morgan fingerprint density at radius 3 is 2.65 bits per heavy atom. The van der Waals surface area contributed by atoms with E-state index in [0.29, 0.717) is 18.7 Å². The number of rotatable bonds is 2. The van der Waals surface area contributed by atoms with E-state index in [2.05, 4.69) is 16.0 Å². The van der Waals surface area contributed by atoms with Crippen molar-refractivity contribution in [3.63, 3.8) is 0 Å². The fourth-order valence-corrected chi connectivity index (χ4v) is 4.32. The maximum Gasteiger partial charge on any atom is 0.255 e. The van der Waals surface area contributed by atoms with Crippen LogP contribution in [0.3, 0.4) is 0 Å². The van der Waals surface area contributed by atoms with Gasteiger partial charge in [-0.05, 0) is 58.0 Å². The van der Waals surface area contributed by atoms with Crippen molar-refractivity contribution in [1.82, 2.24) is 14.8 Å². The molecule has 1 N–H and O–H groups in total. The van der Waals surface area contributed by atoms with Crippen LogP contribution in [0.1, 0.15) is 40.9 Å². The summed E-state index contributed by atoms with van der Waals surface area (Å²) in [6.45, 7) is 7.00. The van der Waals surface area contributed by atoms with Gasteiger partial charge in [-0.25, -0.2) is 0 Å². The summed E-state index contributed by atoms with van der Waals surface area (Å²) in [7, 11) is 0. The topological polar surface area (TPSA) is 56.7 Å². The lowest BCUT2D eigenvalue weighted by Crippen LogP contribution is -2.46. The number of hydrogen-bond donors (Lipinski definition) is 1. The van der Waals surface area contributed by atoms with E-state index >= 15 is 0 Å². The number of hydrogen-bond acceptors (Lipinski definition) is 4. The second kappa shape index (κ2) is 6.97. The highest BCUT2D eigenvalue weighted by Crippen LogP contribution is 2.24. The molecule has 5 nitrogen and oxygen atoms in total. The predicted molar refractivity (Wildman–Crippen MR) is 102 cm³/mol. The van der Waals surface area contributed by atoms with Gasteiger partial charge in [0.1, 0.15) is 0 Å².